The molecule has 3 rings (SSSR count). The van der Waals surface area contributed by atoms with E-state index in [0.29, 0.717) is 28.5 Å². The van der Waals surface area contributed by atoms with Crippen molar-refractivity contribution in [1.82, 2.24) is 14.9 Å². The van der Waals surface area contributed by atoms with Crippen molar-refractivity contribution >= 4 is 5.91 Å². The van der Waals surface area contributed by atoms with Crippen LogP contribution in [-0.2, 0) is 7.05 Å². The molecule has 124 valence electrons. The highest BCUT2D eigenvalue weighted by atomic mass is 19.1. The molecule has 0 radical (unpaired) electrons. The molecule has 0 fully saturated rings. The minimum absolute atomic E-state index is 0.290. The van der Waals surface area contributed by atoms with Gasteiger partial charge >= 0.3 is 0 Å². The van der Waals surface area contributed by atoms with Gasteiger partial charge < -0.3 is 14.3 Å². The summed E-state index contributed by atoms with van der Waals surface area (Å²) in [5, 5.41) is 2.93. The lowest BCUT2D eigenvalue weighted by Crippen LogP contribution is -2.31. The van der Waals surface area contributed by atoms with E-state index >= 15 is 0 Å². The van der Waals surface area contributed by atoms with E-state index in [1.54, 1.807) is 49.0 Å². The molecule has 24 heavy (non-hydrogen) atoms. The molecule has 3 aromatic rings. The molecule has 0 aliphatic heterocycles. The Morgan fingerprint density at radius 2 is 2.12 bits per heavy atom. The SMILES string of the molecule is Cc1cc(C(=O)NC(c2cccc(F)c2)c2nccn2C)c(C)o1. The number of aromatic nitrogens is 2. The Hall–Kier alpha value is -2.89. The number of nitrogens with zero attached hydrogens (tertiary/aromatic N) is 2. The van der Waals surface area contributed by atoms with E-state index in [2.05, 4.69) is 10.3 Å². The smallest absolute Gasteiger partial charge is 0.255 e. The fraction of sp³-hybridized carbons (Fsp3) is 0.222. The maximum Gasteiger partial charge on any atom is 0.255 e. The second-order valence-corrected chi connectivity index (χ2v) is 5.68. The summed E-state index contributed by atoms with van der Waals surface area (Å²) in [4.78, 5) is 17.0. The molecular formula is C18H18FN3O2. The molecule has 5 nitrogen and oxygen atoms in total. The van der Waals surface area contributed by atoms with Gasteiger partial charge in [-0.15, -0.1) is 0 Å². The summed E-state index contributed by atoms with van der Waals surface area (Å²) in [6.07, 6.45) is 3.42. The highest BCUT2D eigenvalue weighted by molar-refractivity contribution is 5.95. The summed E-state index contributed by atoms with van der Waals surface area (Å²) >= 11 is 0. The first-order valence-electron chi connectivity index (χ1n) is 7.56. The van der Waals surface area contributed by atoms with Crippen LogP contribution in [0.5, 0.6) is 0 Å². The molecule has 0 aliphatic rings. The van der Waals surface area contributed by atoms with E-state index in [-0.39, 0.29) is 11.7 Å². The lowest BCUT2D eigenvalue weighted by molar-refractivity contribution is 0.0939. The maximum atomic E-state index is 13.6. The van der Waals surface area contributed by atoms with Crippen LogP contribution in [-0.4, -0.2) is 15.5 Å². The summed E-state index contributed by atoms with van der Waals surface area (Å²) in [6, 6.07) is 7.25. The Morgan fingerprint density at radius 1 is 1.33 bits per heavy atom. The summed E-state index contributed by atoms with van der Waals surface area (Å²) in [5.74, 6) is 1.17. The van der Waals surface area contributed by atoms with Gasteiger partial charge in [-0.05, 0) is 37.6 Å². The summed E-state index contributed by atoms with van der Waals surface area (Å²) in [7, 11) is 1.83. The summed E-state index contributed by atoms with van der Waals surface area (Å²) in [5.41, 5.74) is 1.08. The minimum Gasteiger partial charge on any atom is -0.466 e. The third-order valence-electron chi connectivity index (χ3n) is 3.86. The van der Waals surface area contributed by atoms with Crippen molar-refractivity contribution in [2.45, 2.75) is 19.9 Å². The van der Waals surface area contributed by atoms with Crippen LogP contribution in [0.3, 0.4) is 0 Å². The van der Waals surface area contributed by atoms with Crippen molar-refractivity contribution in [3.8, 4) is 0 Å². The zero-order valence-electron chi connectivity index (χ0n) is 13.7. The zero-order chi connectivity index (χ0) is 17.3. The van der Waals surface area contributed by atoms with Gasteiger partial charge in [-0.3, -0.25) is 4.79 Å². The second kappa shape index (κ2) is 6.31. The Morgan fingerprint density at radius 3 is 2.71 bits per heavy atom. The molecule has 1 amide bonds. The van der Waals surface area contributed by atoms with Gasteiger partial charge in [0.1, 0.15) is 29.2 Å². The monoisotopic (exact) mass is 327 g/mol. The van der Waals surface area contributed by atoms with Gasteiger partial charge in [0.25, 0.3) is 5.91 Å². The lowest BCUT2D eigenvalue weighted by atomic mass is 10.1. The van der Waals surface area contributed by atoms with Crippen molar-refractivity contribution < 1.29 is 13.6 Å². The number of hydrogen-bond donors (Lipinski definition) is 1. The maximum absolute atomic E-state index is 13.6. The number of hydrogen-bond acceptors (Lipinski definition) is 3. The summed E-state index contributed by atoms with van der Waals surface area (Å²) in [6.45, 7) is 3.52. The van der Waals surface area contributed by atoms with Crippen molar-refractivity contribution in [2.24, 2.45) is 7.05 Å². The zero-order valence-corrected chi connectivity index (χ0v) is 13.7. The van der Waals surface area contributed by atoms with E-state index in [9.17, 15) is 9.18 Å². The molecule has 6 heteroatoms. The quantitative estimate of drug-likeness (QED) is 0.800. The highest BCUT2D eigenvalue weighted by Gasteiger charge is 2.23. The number of halogens is 1. The van der Waals surface area contributed by atoms with Gasteiger partial charge in [-0.25, -0.2) is 9.37 Å². The number of aryl methyl sites for hydroxylation is 3. The average Bonchev–Trinajstić information content (AvgIpc) is 3.10. The number of rotatable bonds is 4. The molecule has 1 aromatic carbocycles. The van der Waals surface area contributed by atoms with Gasteiger partial charge in [0, 0.05) is 19.4 Å². The fourth-order valence-electron chi connectivity index (χ4n) is 2.70. The molecule has 0 saturated heterocycles. The Balaban J connectivity index is 1.98. The van der Waals surface area contributed by atoms with E-state index in [1.165, 1.54) is 12.1 Å². The van der Waals surface area contributed by atoms with Crippen LogP contribution in [0.4, 0.5) is 4.39 Å². The topological polar surface area (TPSA) is 60.1 Å². The Labute approximate surface area is 139 Å². The molecule has 1 N–H and O–H groups in total. The molecule has 0 bridgehead atoms. The number of furan rings is 1. The highest BCUT2D eigenvalue weighted by Crippen LogP contribution is 2.23. The van der Waals surface area contributed by atoms with Crippen LogP contribution in [0.25, 0.3) is 0 Å². The van der Waals surface area contributed by atoms with Gasteiger partial charge in [-0.2, -0.15) is 0 Å². The van der Waals surface area contributed by atoms with E-state index in [1.807, 2.05) is 7.05 Å². The average molecular weight is 327 g/mol. The lowest BCUT2D eigenvalue weighted by Gasteiger charge is -2.19. The predicted octanol–water partition coefficient (Wildman–Crippen LogP) is 3.29. The third kappa shape index (κ3) is 3.08. The van der Waals surface area contributed by atoms with Gasteiger partial charge in [0.15, 0.2) is 0 Å². The number of carbonyl (C=O) groups is 1. The normalized spacial score (nSPS) is 12.2. The number of carbonyl (C=O) groups excluding carboxylic acids is 1. The van der Waals surface area contributed by atoms with Crippen molar-refractivity contribution in [3.63, 3.8) is 0 Å². The molecule has 1 atom stereocenters. The van der Waals surface area contributed by atoms with Gasteiger partial charge in [0.2, 0.25) is 0 Å². The molecule has 0 aliphatic carbocycles. The van der Waals surface area contributed by atoms with Crippen LogP contribution in [0.2, 0.25) is 0 Å². The molecule has 2 aromatic heterocycles. The van der Waals surface area contributed by atoms with E-state index in [0.717, 1.165) is 0 Å². The fourth-order valence-corrected chi connectivity index (χ4v) is 2.70. The van der Waals surface area contributed by atoms with Crippen LogP contribution in [0.1, 0.15) is 39.3 Å². The van der Waals surface area contributed by atoms with Crippen LogP contribution in [0, 0.1) is 19.7 Å². The number of amides is 1. The Kier molecular flexibility index (Phi) is 4.20. The van der Waals surface area contributed by atoms with E-state index < -0.39 is 6.04 Å². The molecular weight excluding hydrogens is 309 g/mol. The van der Waals surface area contributed by atoms with Crippen LogP contribution in [0.15, 0.2) is 47.1 Å². The van der Waals surface area contributed by atoms with Gasteiger partial charge in [0.05, 0.1) is 5.56 Å². The van der Waals surface area contributed by atoms with Crippen molar-refractivity contribution in [2.75, 3.05) is 0 Å². The van der Waals surface area contributed by atoms with Gasteiger partial charge in [-0.1, -0.05) is 12.1 Å². The number of benzene rings is 1. The third-order valence-corrected chi connectivity index (χ3v) is 3.86. The molecule has 0 saturated carbocycles. The van der Waals surface area contributed by atoms with Crippen molar-refractivity contribution in [3.05, 3.63) is 77.0 Å². The predicted molar refractivity (Wildman–Crippen MR) is 87.1 cm³/mol. The second-order valence-electron chi connectivity index (χ2n) is 5.68. The van der Waals surface area contributed by atoms with E-state index in [4.69, 9.17) is 4.42 Å². The summed E-state index contributed by atoms with van der Waals surface area (Å²) < 4.78 is 20.9. The standard InChI is InChI=1S/C18H18FN3O2/c1-11-9-15(12(2)24-11)18(23)21-16(17-20-7-8-22(17)3)13-5-4-6-14(19)10-13/h4-10,16H,1-3H3,(H,21,23). The first kappa shape index (κ1) is 16.0. The molecule has 0 spiro atoms. The number of nitrogens with one attached hydrogen (secondary N) is 1. The first-order chi connectivity index (χ1) is 11.5. The van der Waals surface area contributed by atoms with Crippen LogP contribution >= 0.6 is 0 Å². The molecule has 2 heterocycles. The van der Waals surface area contributed by atoms with Crippen molar-refractivity contribution in [1.29, 1.82) is 0 Å². The minimum atomic E-state index is -0.567. The first-order valence-corrected chi connectivity index (χ1v) is 7.56. The molecule has 1 unspecified atom stereocenters. The van der Waals surface area contributed by atoms with Crippen LogP contribution < -0.4 is 5.32 Å². The Bertz CT molecular complexity index is 882. The largest absolute Gasteiger partial charge is 0.466 e. The number of imidazole rings is 1.